The predicted octanol–water partition coefficient (Wildman–Crippen LogP) is 3.07. The topological polar surface area (TPSA) is 82.4 Å². The summed E-state index contributed by atoms with van der Waals surface area (Å²) in [6, 6.07) is 13.5. The average molecular weight is 367 g/mol. The number of esters is 1. The highest BCUT2D eigenvalue weighted by atomic mass is 16.5. The van der Waals surface area contributed by atoms with Crippen molar-refractivity contribution >= 4 is 28.3 Å². The molecule has 0 fully saturated rings. The maximum atomic E-state index is 12.6. The Kier molecular flexibility index (Phi) is 5.12. The minimum absolute atomic E-state index is 0.182. The van der Waals surface area contributed by atoms with Gasteiger partial charge >= 0.3 is 5.97 Å². The van der Waals surface area contributed by atoms with Crippen LogP contribution >= 0.6 is 0 Å². The van der Waals surface area contributed by atoms with E-state index in [1.54, 1.807) is 20.9 Å². The molecular weight excluding hydrogens is 346 g/mol. The van der Waals surface area contributed by atoms with Crippen molar-refractivity contribution < 1.29 is 19.1 Å². The Hall–Kier alpha value is -3.35. The summed E-state index contributed by atoms with van der Waals surface area (Å²) < 4.78 is 11.9. The normalized spacial score (nSPS) is 11.9. The van der Waals surface area contributed by atoms with Crippen molar-refractivity contribution in [2.45, 2.75) is 20.0 Å². The van der Waals surface area contributed by atoms with Gasteiger partial charge in [0, 0.05) is 7.05 Å². The van der Waals surface area contributed by atoms with E-state index < -0.39 is 12.1 Å². The summed E-state index contributed by atoms with van der Waals surface area (Å²) in [5.41, 5.74) is 1.02. The minimum Gasteiger partial charge on any atom is -0.481 e. The number of methoxy groups -OCH3 is 1. The van der Waals surface area contributed by atoms with E-state index in [4.69, 9.17) is 9.47 Å². The van der Waals surface area contributed by atoms with E-state index in [-0.39, 0.29) is 11.6 Å². The lowest BCUT2D eigenvalue weighted by molar-refractivity contribution is -0.122. The average Bonchev–Trinajstić information content (AvgIpc) is 2.94. The van der Waals surface area contributed by atoms with E-state index in [2.05, 4.69) is 10.4 Å². The van der Waals surface area contributed by atoms with Crippen LogP contribution in [0.15, 0.2) is 42.5 Å². The quantitative estimate of drug-likeness (QED) is 0.701. The van der Waals surface area contributed by atoms with Gasteiger partial charge in [-0.3, -0.25) is 9.48 Å². The molecule has 0 spiro atoms. The van der Waals surface area contributed by atoms with E-state index in [9.17, 15) is 9.59 Å². The van der Waals surface area contributed by atoms with Gasteiger partial charge in [0.15, 0.2) is 11.8 Å². The zero-order chi connectivity index (χ0) is 19.6. The summed E-state index contributed by atoms with van der Waals surface area (Å²) in [6.45, 7) is 3.35. The van der Waals surface area contributed by atoms with Gasteiger partial charge in [-0.1, -0.05) is 30.3 Å². The monoisotopic (exact) mass is 367 g/mol. The Morgan fingerprint density at radius 3 is 2.56 bits per heavy atom. The Morgan fingerprint density at radius 1 is 1.15 bits per heavy atom. The first-order chi connectivity index (χ1) is 12.9. The minimum atomic E-state index is -0.767. The van der Waals surface area contributed by atoms with Crippen LogP contribution in [-0.4, -0.2) is 34.9 Å². The molecule has 1 amide bonds. The number of hydrogen-bond donors (Lipinski definition) is 1. The summed E-state index contributed by atoms with van der Waals surface area (Å²) in [5.74, 6) is -0.367. The van der Waals surface area contributed by atoms with Crippen molar-refractivity contribution in [3.63, 3.8) is 0 Å². The van der Waals surface area contributed by atoms with Crippen LogP contribution in [0.25, 0.3) is 10.8 Å². The molecule has 0 radical (unpaired) electrons. The Balaban J connectivity index is 1.77. The van der Waals surface area contributed by atoms with Gasteiger partial charge in [-0.2, -0.15) is 5.10 Å². The van der Waals surface area contributed by atoms with Crippen LogP contribution in [0.2, 0.25) is 0 Å². The molecule has 0 aliphatic rings. The number of carbonyl (C=O) groups excluding carboxylic acids is 2. The Labute approximate surface area is 156 Å². The van der Waals surface area contributed by atoms with Crippen molar-refractivity contribution in [1.82, 2.24) is 9.78 Å². The zero-order valence-corrected chi connectivity index (χ0v) is 15.6. The van der Waals surface area contributed by atoms with Crippen LogP contribution in [0.3, 0.4) is 0 Å². The summed E-state index contributed by atoms with van der Waals surface area (Å²) in [4.78, 5) is 24.5. The van der Waals surface area contributed by atoms with Crippen molar-refractivity contribution in [2.75, 3.05) is 12.4 Å². The van der Waals surface area contributed by atoms with E-state index >= 15 is 0 Å². The van der Waals surface area contributed by atoms with Gasteiger partial charge in [-0.15, -0.1) is 0 Å². The number of carbonyl (C=O) groups is 2. The van der Waals surface area contributed by atoms with E-state index in [0.717, 1.165) is 10.8 Å². The highest BCUT2D eigenvalue weighted by molar-refractivity contribution is 6.02. The number of amides is 1. The summed E-state index contributed by atoms with van der Waals surface area (Å²) >= 11 is 0. The number of aromatic nitrogens is 2. The smallest absolute Gasteiger partial charge is 0.358 e. The van der Waals surface area contributed by atoms with Gasteiger partial charge in [-0.05, 0) is 36.8 Å². The Bertz CT molecular complexity index is 1010. The molecule has 1 unspecified atom stereocenters. The van der Waals surface area contributed by atoms with Gasteiger partial charge < -0.3 is 14.8 Å². The van der Waals surface area contributed by atoms with Crippen LogP contribution in [0.5, 0.6) is 5.75 Å². The second kappa shape index (κ2) is 7.49. The number of benzene rings is 2. The van der Waals surface area contributed by atoms with E-state index in [0.29, 0.717) is 17.1 Å². The van der Waals surface area contributed by atoms with Crippen molar-refractivity contribution in [2.24, 2.45) is 7.05 Å². The third-order valence-corrected chi connectivity index (χ3v) is 4.25. The molecule has 3 aromatic rings. The largest absolute Gasteiger partial charge is 0.481 e. The lowest BCUT2D eigenvalue weighted by Gasteiger charge is -2.15. The maximum Gasteiger partial charge on any atom is 0.358 e. The molecule has 0 bridgehead atoms. The lowest BCUT2D eigenvalue weighted by atomic mass is 10.1. The molecule has 0 aliphatic heterocycles. The molecule has 2 aromatic carbocycles. The van der Waals surface area contributed by atoms with Gasteiger partial charge in [0.05, 0.1) is 18.5 Å². The molecule has 1 aromatic heterocycles. The number of anilines is 1. The molecular formula is C20H21N3O4. The molecule has 1 heterocycles. The second-order valence-corrected chi connectivity index (χ2v) is 6.18. The fourth-order valence-corrected chi connectivity index (χ4v) is 2.86. The molecule has 7 heteroatoms. The SMILES string of the molecule is COC(=O)c1c(NC(=O)C(C)Oc2ccc3ccccc3c2)c(C)nn1C. The molecule has 7 nitrogen and oxygen atoms in total. The number of nitrogens with zero attached hydrogens (tertiary/aromatic N) is 2. The van der Waals surface area contributed by atoms with Gasteiger partial charge in [0.25, 0.3) is 5.91 Å². The number of rotatable bonds is 5. The lowest BCUT2D eigenvalue weighted by Crippen LogP contribution is -2.31. The van der Waals surface area contributed by atoms with Gasteiger partial charge in [0.2, 0.25) is 0 Å². The third kappa shape index (κ3) is 3.76. The first kappa shape index (κ1) is 18.4. The summed E-state index contributed by atoms with van der Waals surface area (Å²) in [7, 11) is 2.89. The number of nitrogens with one attached hydrogen (secondary N) is 1. The first-order valence-electron chi connectivity index (χ1n) is 8.49. The first-order valence-corrected chi connectivity index (χ1v) is 8.49. The molecule has 0 saturated carbocycles. The number of ether oxygens (including phenoxy) is 2. The van der Waals surface area contributed by atoms with Crippen LogP contribution in [-0.2, 0) is 16.6 Å². The van der Waals surface area contributed by atoms with Crippen LogP contribution < -0.4 is 10.1 Å². The van der Waals surface area contributed by atoms with Crippen molar-refractivity contribution in [3.8, 4) is 5.75 Å². The molecule has 1 atom stereocenters. The predicted molar refractivity (Wildman–Crippen MR) is 102 cm³/mol. The van der Waals surface area contributed by atoms with E-state index in [1.807, 2.05) is 42.5 Å². The molecule has 140 valence electrons. The molecule has 0 saturated heterocycles. The molecule has 0 aliphatic carbocycles. The number of aryl methyl sites for hydroxylation is 2. The maximum absolute atomic E-state index is 12.6. The summed E-state index contributed by atoms with van der Waals surface area (Å²) in [6.07, 6.45) is -0.767. The second-order valence-electron chi connectivity index (χ2n) is 6.18. The van der Waals surface area contributed by atoms with Gasteiger partial charge in [-0.25, -0.2) is 4.79 Å². The fourth-order valence-electron chi connectivity index (χ4n) is 2.86. The standard InChI is InChI=1S/C20H21N3O4/c1-12-17(18(20(25)26-4)23(3)22-12)21-19(24)13(2)27-16-10-9-14-7-5-6-8-15(14)11-16/h5-11,13H,1-4H3,(H,21,24). The van der Waals surface area contributed by atoms with Crippen LogP contribution in [0.1, 0.15) is 23.1 Å². The number of hydrogen-bond acceptors (Lipinski definition) is 5. The summed E-state index contributed by atoms with van der Waals surface area (Å²) in [5, 5.41) is 9.01. The van der Waals surface area contributed by atoms with Crippen LogP contribution in [0.4, 0.5) is 5.69 Å². The number of fused-ring (bicyclic) bond motifs is 1. The van der Waals surface area contributed by atoms with Crippen molar-refractivity contribution in [1.29, 1.82) is 0 Å². The van der Waals surface area contributed by atoms with Crippen LogP contribution in [0, 0.1) is 6.92 Å². The highest BCUT2D eigenvalue weighted by Gasteiger charge is 2.24. The highest BCUT2D eigenvalue weighted by Crippen LogP contribution is 2.23. The zero-order valence-electron chi connectivity index (χ0n) is 15.6. The van der Waals surface area contributed by atoms with Crippen molar-refractivity contribution in [3.05, 3.63) is 53.9 Å². The fraction of sp³-hybridized carbons (Fsp3) is 0.250. The van der Waals surface area contributed by atoms with E-state index in [1.165, 1.54) is 11.8 Å². The molecule has 1 N–H and O–H groups in total. The third-order valence-electron chi connectivity index (χ3n) is 4.25. The molecule has 27 heavy (non-hydrogen) atoms. The molecule has 3 rings (SSSR count). The van der Waals surface area contributed by atoms with Gasteiger partial charge in [0.1, 0.15) is 5.75 Å². The Morgan fingerprint density at radius 2 is 1.85 bits per heavy atom.